The molecule has 0 radical (unpaired) electrons. The van der Waals surface area contributed by atoms with Crippen LogP contribution in [-0.4, -0.2) is 12.2 Å². The lowest BCUT2D eigenvalue weighted by molar-refractivity contribution is 0.0182. The topological polar surface area (TPSA) is 9.23 Å². The highest BCUT2D eigenvalue weighted by molar-refractivity contribution is 4.74. The van der Waals surface area contributed by atoms with Crippen LogP contribution in [-0.2, 0) is 4.74 Å². The largest absolute Gasteiger partial charge is 0.375 e. The smallest absolute Gasteiger partial charge is 0.0602 e. The summed E-state index contributed by atoms with van der Waals surface area (Å²) in [4.78, 5) is 0. The Labute approximate surface area is 77.5 Å². The van der Waals surface area contributed by atoms with Crippen molar-refractivity contribution in [3.63, 3.8) is 0 Å². The first-order chi connectivity index (χ1) is 5.74. The van der Waals surface area contributed by atoms with Crippen LogP contribution in [0.3, 0.4) is 0 Å². The van der Waals surface area contributed by atoms with Crippen LogP contribution >= 0.6 is 0 Å². The van der Waals surface area contributed by atoms with Crippen molar-refractivity contribution in [3.05, 3.63) is 0 Å². The molecule has 0 aromatic carbocycles. The first-order valence-corrected chi connectivity index (χ1v) is 5.39. The van der Waals surface area contributed by atoms with E-state index in [1.807, 2.05) is 13.8 Å². The van der Waals surface area contributed by atoms with Crippen LogP contribution in [0.25, 0.3) is 0 Å². The molecule has 1 heteroatoms. The van der Waals surface area contributed by atoms with Crippen LogP contribution in [0.15, 0.2) is 0 Å². The van der Waals surface area contributed by atoms with E-state index in [1.165, 1.54) is 19.3 Å². The van der Waals surface area contributed by atoms with Gasteiger partial charge in [0.2, 0.25) is 0 Å². The van der Waals surface area contributed by atoms with Crippen molar-refractivity contribution in [2.75, 3.05) is 0 Å². The summed E-state index contributed by atoms with van der Waals surface area (Å²) >= 11 is 0. The van der Waals surface area contributed by atoms with Gasteiger partial charge in [0.1, 0.15) is 0 Å². The standard InChI is InChI=1S/C9H18O.C2H6/c1-4-8-5-6-9(10-8)7(2)3;1-2/h7-9H,4-6H2,1-3H3;1-2H3. The Morgan fingerprint density at radius 3 is 2.08 bits per heavy atom. The third-order valence-corrected chi connectivity index (χ3v) is 2.34. The Hall–Kier alpha value is -0.0400. The monoisotopic (exact) mass is 172 g/mol. The molecule has 2 atom stereocenters. The maximum atomic E-state index is 5.77. The van der Waals surface area contributed by atoms with Crippen molar-refractivity contribution in [1.29, 1.82) is 0 Å². The second kappa shape index (κ2) is 6.47. The van der Waals surface area contributed by atoms with E-state index in [4.69, 9.17) is 4.74 Å². The molecular formula is C11H24O. The number of ether oxygens (including phenoxy) is 1. The molecule has 0 N–H and O–H groups in total. The molecule has 0 aromatic rings. The van der Waals surface area contributed by atoms with Crippen LogP contribution in [0.5, 0.6) is 0 Å². The number of hydrogen-bond donors (Lipinski definition) is 0. The Bertz CT molecular complexity index is 99.2. The van der Waals surface area contributed by atoms with Crippen molar-refractivity contribution in [2.45, 2.75) is 66.1 Å². The highest BCUT2D eigenvalue weighted by atomic mass is 16.5. The summed E-state index contributed by atoms with van der Waals surface area (Å²) in [5.74, 6) is 0.705. The average Bonchev–Trinajstić information content (AvgIpc) is 2.55. The summed E-state index contributed by atoms with van der Waals surface area (Å²) in [6, 6.07) is 0. The van der Waals surface area contributed by atoms with Crippen LogP contribution < -0.4 is 0 Å². The van der Waals surface area contributed by atoms with Gasteiger partial charge in [0.05, 0.1) is 12.2 Å². The fraction of sp³-hybridized carbons (Fsp3) is 1.00. The minimum Gasteiger partial charge on any atom is -0.375 e. The fourth-order valence-corrected chi connectivity index (χ4v) is 1.52. The molecule has 0 aliphatic carbocycles. The van der Waals surface area contributed by atoms with Gasteiger partial charge < -0.3 is 4.74 Å². The van der Waals surface area contributed by atoms with E-state index >= 15 is 0 Å². The van der Waals surface area contributed by atoms with Gasteiger partial charge in [-0.1, -0.05) is 34.6 Å². The van der Waals surface area contributed by atoms with Crippen molar-refractivity contribution in [1.82, 2.24) is 0 Å². The van der Waals surface area contributed by atoms with Crippen LogP contribution in [0.1, 0.15) is 53.9 Å². The predicted molar refractivity (Wildman–Crippen MR) is 54.4 cm³/mol. The lowest BCUT2D eigenvalue weighted by atomic mass is 10.0. The van der Waals surface area contributed by atoms with E-state index in [9.17, 15) is 0 Å². The summed E-state index contributed by atoms with van der Waals surface area (Å²) in [6.07, 6.45) is 4.84. The summed E-state index contributed by atoms with van der Waals surface area (Å²) in [5, 5.41) is 0. The summed E-state index contributed by atoms with van der Waals surface area (Å²) in [5.41, 5.74) is 0. The molecule has 1 heterocycles. The maximum absolute atomic E-state index is 5.77. The molecule has 0 spiro atoms. The Balaban J connectivity index is 0.000000561. The van der Waals surface area contributed by atoms with Crippen LogP contribution in [0.4, 0.5) is 0 Å². The number of rotatable bonds is 2. The first-order valence-electron chi connectivity index (χ1n) is 5.39. The normalized spacial score (nSPS) is 28.5. The van der Waals surface area contributed by atoms with Gasteiger partial charge in [-0.25, -0.2) is 0 Å². The van der Waals surface area contributed by atoms with E-state index < -0.39 is 0 Å². The Kier molecular flexibility index (Phi) is 6.45. The highest BCUT2D eigenvalue weighted by Crippen LogP contribution is 2.26. The molecule has 2 unspecified atom stereocenters. The van der Waals surface area contributed by atoms with E-state index in [0.29, 0.717) is 18.1 Å². The zero-order chi connectivity index (χ0) is 9.56. The molecule has 1 nitrogen and oxygen atoms in total. The van der Waals surface area contributed by atoms with Gasteiger partial charge in [0.25, 0.3) is 0 Å². The van der Waals surface area contributed by atoms with Gasteiger partial charge in [-0.15, -0.1) is 0 Å². The molecule has 74 valence electrons. The van der Waals surface area contributed by atoms with Crippen molar-refractivity contribution < 1.29 is 4.74 Å². The van der Waals surface area contributed by atoms with Gasteiger partial charge >= 0.3 is 0 Å². The third kappa shape index (κ3) is 3.57. The zero-order valence-corrected chi connectivity index (χ0v) is 9.26. The second-order valence-electron chi connectivity index (χ2n) is 3.53. The minimum atomic E-state index is 0.546. The summed E-state index contributed by atoms with van der Waals surface area (Å²) < 4.78 is 5.77. The molecule has 1 aliphatic heterocycles. The van der Waals surface area contributed by atoms with Crippen molar-refractivity contribution in [2.24, 2.45) is 5.92 Å². The van der Waals surface area contributed by atoms with Crippen molar-refractivity contribution >= 4 is 0 Å². The maximum Gasteiger partial charge on any atom is 0.0602 e. The van der Waals surface area contributed by atoms with E-state index in [2.05, 4.69) is 20.8 Å². The quantitative estimate of drug-likeness (QED) is 0.618. The van der Waals surface area contributed by atoms with Gasteiger partial charge in [-0.2, -0.15) is 0 Å². The van der Waals surface area contributed by atoms with Gasteiger partial charge in [-0.05, 0) is 25.2 Å². The summed E-state index contributed by atoms with van der Waals surface area (Å²) in [7, 11) is 0. The number of hydrogen-bond acceptors (Lipinski definition) is 1. The lowest BCUT2D eigenvalue weighted by Gasteiger charge is -2.15. The third-order valence-electron chi connectivity index (χ3n) is 2.34. The molecule has 1 fully saturated rings. The molecule has 0 bridgehead atoms. The van der Waals surface area contributed by atoms with Crippen LogP contribution in [0, 0.1) is 5.92 Å². The Morgan fingerprint density at radius 2 is 1.83 bits per heavy atom. The fourth-order valence-electron chi connectivity index (χ4n) is 1.52. The molecule has 1 aliphatic rings. The van der Waals surface area contributed by atoms with Gasteiger partial charge in [-0.3, -0.25) is 0 Å². The van der Waals surface area contributed by atoms with E-state index in [1.54, 1.807) is 0 Å². The highest BCUT2D eigenvalue weighted by Gasteiger charge is 2.25. The van der Waals surface area contributed by atoms with Gasteiger partial charge in [0, 0.05) is 0 Å². The second-order valence-corrected chi connectivity index (χ2v) is 3.53. The van der Waals surface area contributed by atoms with Crippen molar-refractivity contribution in [3.8, 4) is 0 Å². The first kappa shape index (κ1) is 12.0. The van der Waals surface area contributed by atoms with E-state index in [0.717, 1.165) is 0 Å². The Morgan fingerprint density at radius 1 is 1.25 bits per heavy atom. The zero-order valence-electron chi connectivity index (χ0n) is 9.26. The molecule has 0 saturated carbocycles. The molecule has 12 heavy (non-hydrogen) atoms. The van der Waals surface area contributed by atoms with Gasteiger partial charge in [0.15, 0.2) is 0 Å². The average molecular weight is 172 g/mol. The molecular weight excluding hydrogens is 148 g/mol. The molecule has 0 aromatic heterocycles. The SMILES string of the molecule is CC.CCC1CCC(C(C)C)O1. The summed E-state index contributed by atoms with van der Waals surface area (Å²) in [6.45, 7) is 10.7. The molecule has 1 saturated heterocycles. The predicted octanol–water partition coefficient (Wildman–Crippen LogP) is 3.63. The lowest BCUT2D eigenvalue weighted by Crippen LogP contribution is -2.15. The molecule has 1 rings (SSSR count). The van der Waals surface area contributed by atoms with E-state index in [-0.39, 0.29) is 0 Å². The molecule has 0 amide bonds. The van der Waals surface area contributed by atoms with Crippen LogP contribution in [0.2, 0.25) is 0 Å². The minimum absolute atomic E-state index is 0.546.